The highest BCUT2D eigenvalue weighted by molar-refractivity contribution is 9.10. The van der Waals surface area contributed by atoms with Crippen LogP contribution in [0.1, 0.15) is 42.5 Å². The number of carbonyl (C=O) groups excluding carboxylic acids is 2. The molecule has 0 bridgehead atoms. The van der Waals surface area contributed by atoms with Gasteiger partial charge in [-0.1, -0.05) is 12.1 Å². The van der Waals surface area contributed by atoms with Gasteiger partial charge in [0.05, 0.1) is 11.3 Å². The van der Waals surface area contributed by atoms with Gasteiger partial charge in [0.1, 0.15) is 0 Å². The molecule has 2 aliphatic rings. The Morgan fingerprint density at radius 2 is 1.53 bits per heavy atom. The molecule has 3 amide bonds. The highest BCUT2D eigenvalue weighted by atomic mass is 79.9. The third-order valence-corrected chi connectivity index (χ3v) is 6.39. The average Bonchev–Trinajstić information content (AvgIpc) is 3.30. The number of nitrogens with zero attached hydrogens (tertiary/aromatic N) is 2. The van der Waals surface area contributed by atoms with E-state index in [1.54, 1.807) is 0 Å². The predicted molar refractivity (Wildman–Crippen MR) is 124 cm³/mol. The monoisotopic (exact) mass is 470 g/mol. The van der Waals surface area contributed by atoms with Crippen LogP contribution in [0.4, 0.5) is 21.9 Å². The molecule has 4 rings (SSSR count). The Labute approximate surface area is 185 Å². The van der Waals surface area contributed by atoms with E-state index in [0.717, 1.165) is 62.0 Å². The van der Waals surface area contributed by atoms with Gasteiger partial charge in [0.2, 0.25) is 0 Å². The van der Waals surface area contributed by atoms with Crippen LogP contribution < -0.4 is 15.5 Å². The van der Waals surface area contributed by atoms with Crippen molar-refractivity contribution < 1.29 is 9.59 Å². The van der Waals surface area contributed by atoms with E-state index in [4.69, 9.17) is 0 Å². The van der Waals surface area contributed by atoms with Gasteiger partial charge in [-0.3, -0.25) is 4.79 Å². The molecule has 0 atom stereocenters. The highest BCUT2D eigenvalue weighted by Crippen LogP contribution is 2.29. The summed E-state index contributed by atoms with van der Waals surface area (Å²) in [5.41, 5.74) is 2.96. The molecule has 2 aliphatic heterocycles. The second-order valence-electron chi connectivity index (χ2n) is 7.84. The second-order valence-corrected chi connectivity index (χ2v) is 8.69. The molecule has 7 heteroatoms. The topological polar surface area (TPSA) is 64.7 Å². The van der Waals surface area contributed by atoms with Crippen LogP contribution in [0.5, 0.6) is 0 Å². The van der Waals surface area contributed by atoms with Crippen molar-refractivity contribution in [3.05, 3.63) is 52.5 Å². The van der Waals surface area contributed by atoms with Crippen molar-refractivity contribution in [3.8, 4) is 0 Å². The second kappa shape index (κ2) is 9.51. The maximum atomic E-state index is 13.2. The number of carbonyl (C=O) groups is 2. The minimum absolute atomic E-state index is 0.0583. The Hall–Kier alpha value is -2.54. The Morgan fingerprint density at radius 3 is 2.27 bits per heavy atom. The number of urea groups is 1. The largest absolute Gasteiger partial charge is 0.371 e. The predicted octanol–water partition coefficient (Wildman–Crippen LogP) is 5.32. The SMILES string of the molecule is O=C(Nc1ccc(N2CCCCC2)c(C(=O)N2CCCC2)c1)Nc1ccccc1Br. The quantitative estimate of drug-likeness (QED) is 0.635. The van der Waals surface area contributed by atoms with Gasteiger partial charge in [0, 0.05) is 42.0 Å². The molecule has 0 radical (unpaired) electrons. The van der Waals surface area contributed by atoms with Crippen LogP contribution in [0.3, 0.4) is 0 Å². The van der Waals surface area contributed by atoms with E-state index in [0.29, 0.717) is 16.9 Å². The van der Waals surface area contributed by atoms with Crippen molar-refractivity contribution in [1.82, 2.24) is 4.90 Å². The first-order valence-corrected chi connectivity index (χ1v) is 11.4. The number of piperidine rings is 1. The fourth-order valence-corrected chi connectivity index (χ4v) is 4.52. The molecule has 30 heavy (non-hydrogen) atoms. The number of rotatable bonds is 4. The van der Waals surface area contributed by atoms with Gasteiger partial charge in [0.15, 0.2) is 0 Å². The summed E-state index contributed by atoms with van der Waals surface area (Å²) < 4.78 is 0.811. The summed E-state index contributed by atoms with van der Waals surface area (Å²) in [6.45, 7) is 3.54. The fourth-order valence-electron chi connectivity index (χ4n) is 4.13. The zero-order valence-electron chi connectivity index (χ0n) is 17.0. The Kier molecular flexibility index (Phi) is 6.57. The van der Waals surface area contributed by atoms with Gasteiger partial charge in [-0.15, -0.1) is 0 Å². The third kappa shape index (κ3) is 4.78. The molecule has 2 aromatic rings. The van der Waals surface area contributed by atoms with Crippen LogP contribution in [-0.4, -0.2) is 43.0 Å². The van der Waals surface area contributed by atoms with E-state index in [1.807, 2.05) is 47.4 Å². The smallest absolute Gasteiger partial charge is 0.323 e. The molecule has 2 fully saturated rings. The first-order chi connectivity index (χ1) is 14.6. The molecule has 2 N–H and O–H groups in total. The average molecular weight is 471 g/mol. The zero-order chi connectivity index (χ0) is 20.9. The van der Waals surface area contributed by atoms with E-state index in [-0.39, 0.29) is 11.9 Å². The number of amides is 3. The lowest BCUT2D eigenvalue weighted by atomic mass is 10.1. The van der Waals surface area contributed by atoms with E-state index in [9.17, 15) is 9.59 Å². The number of halogens is 1. The van der Waals surface area contributed by atoms with E-state index in [1.165, 1.54) is 6.42 Å². The molecule has 0 spiro atoms. The summed E-state index contributed by atoms with van der Waals surface area (Å²) in [5.74, 6) is 0.0583. The summed E-state index contributed by atoms with van der Waals surface area (Å²) in [6.07, 6.45) is 5.63. The molecule has 2 aromatic carbocycles. The molecule has 0 unspecified atom stereocenters. The van der Waals surface area contributed by atoms with E-state index >= 15 is 0 Å². The van der Waals surface area contributed by atoms with E-state index in [2.05, 4.69) is 31.5 Å². The molecule has 0 aliphatic carbocycles. The lowest BCUT2D eigenvalue weighted by Gasteiger charge is -2.31. The van der Waals surface area contributed by atoms with E-state index < -0.39 is 0 Å². The number of hydrogen-bond acceptors (Lipinski definition) is 3. The summed E-state index contributed by atoms with van der Waals surface area (Å²) in [5, 5.41) is 5.71. The van der Waals surface area contributed by atoms with Gasteiger partial charge >= 0.3 is 6.03 Å². The Morgan fingerprint density at radius 1 is 0.833 bits per heavy atom. The van der Waals surface area contributed by atoms with Gasteiger partial charge in [-0.2, -0.15) is 0 Å². The first-order valence-electron chi connectivity index (χ1n) is 10.6. The highest BCUT2D eigenvalue weighted by Gasteiger charge is 2.25. The number of benzene rings is 2. The van der Waals surface area contributed by atoms with Crippen LogP contribution in [0.2, 0.25) is 0 Å². The molecule has 6 nitrogen and oxygen atoms in total. The van der Waals surface area contributed by atoms with Crippen LogP contribution in [0.25, 0.3) is 0 Å². The molecule has 0 aromatic heterocycles. The normalized spacial score (nSPS) is 16.4. The van der Waals surface area contributed by atoms with Crippen molar-refractivity contribution in [3.63, 3.8) is 0 Å². The minimum Gasteiger partial charge on any atom is -0.371 e. The number of nitrogens with one attached hydrogen (secondary N) is 2. The van der Waals surface area contributed by atoms with Crippen LogP contribution >= 0.6 is 15.9 Å². The van der Waals surface area contributed by atoms with Crippen molar-refractivity contribution >= 4 is 44.9 Å². The Balaban J connectivity index is 1.56. The molecule has 2 heterocycles. The number of anilines is 3. The number of para-hydroxylation sites is 1. The maximum Gasteiger partial charge on any atom is 0.323 e. The molecular weight excluding hydrogens is 444 g/mol. The summed E-state index contributed by atoms with van der Waals surface area (Å²) in [7, 11) is 0. The molecule has 2 saturated heterocycles. The fraction of sp³-hybridized carbons (Fsp3) is 0.391. The lowest BCUT2D eigenvalue weighted by Crippen LogP contribution is -2.34. The lowest BCUT2D eigenvalue weighted by molar-refractivity contribution is 0.0793. The number of likely N-dealkylation sites (tertiary alicyclic amines) is 1. The third-order valence-electron chi connectivity index (χ3n) is 5.70. The van der Waals surface area contributed by atoms with Crippen LogP contribution in [-0.2, 0) is 0 Å². The zero-order valence-corrected chi connectivity index (χ0v) is 18.6. The van der Waals surface area contributed by atoms with Crippen LogP contribution in [0.15, 0.2) is 46.9 Å². The van der Waals surface area contributed by atoms with Gasteiger partial charge in [-0.25, -0.2) is 4.79 Å². The van der Waals surface area contributed by atoms with Gasteiger partial charge < -0.3 is 20.4 Å². The molecule has 158 valence electrons. The Bertz CT molecular complexity index is 921. The van der Waals surface area contributed by atoms with Gasteiger partial charge in [-0.05, 0) is 78.4 Å². The molecular formula is C23H27BrN4O2. The first kappa shape index (κ1) is 20.7. The molecule has 0 saturated carbocycles. The number of hydrogen-bond donors (Lipinski definition) is 2. The summed E-state index contributed by atoms with van der Waals surface area (Å²) in [4.78, 5) is 30.0. The van der Waals surface area contributed by atoms with Crippen molar-refractivity contribution in [2.45, 2.75) is 32.1 Å². The van der Waals surface area contributed by atoms with Gasteiger partial charge in [0.25, 0.3) is 5.91 Å². The standard InChI is InChI=1S/C23H27BrN4O2/c24-19-8-2-3-9-20(19)26-23(30)25-17-10-11-21(27-12-4-1-5-13-27)18(16-17)22(29)28-14-6-7-15-28/h2-3,8-11,16H,1,4-7,12-15H2,(H2,25,26,30). The van der Waals surface area contributed by atoms with Crippen molar-refractivity contribution in [1.29, 1.82) is 0 Å². The van der Waals surface area contributed by atoms with Crippen molar-refractivity contribution in [2.75, 3.05) is 41.7 Å². The summed E-state index contributed by atoms with van der Waals surface area (Å²) in [6, 6.07) is 12.8. The van der Waals surface area contributed by atoms with Crippen molar-refractivity contribution in [2.24, 2.45) is 0 Å². The van der Waals surface area contributed by atoms with Crippen LogP contribution in [0, 0.1) is 0 Å². The minimum atomic E-state index is -0.341. The summed E-state index contributed by atoms with van der Waals surface area (Å²) >= 11 is 3.43. The maximum absolute atomic E-state index is 13.2.